The van der Waals surface area contributed by atoms with Crippen molar-refractivity contribution in [2.45, 2.75) is 46.3 Å². The quantitative estimate of drug-likeness (QED) is 0.565. The van der Waals surface area contributed by atoms with Crippen molar-refractivity contribution in [1.29, 1.82) is 0 Å². The van der Waals surface area contributed by atoms with Gasteiger partial charge in [-0.05, 0) is 42.5 Å². The van der Waals surface area contributed by atoms with Crippen LogP contribution in [0.25, 0.3) is 0 Å². The van der Waals surface area contributed by atoms with Gasteiger partial charge in [0.1, 0.15) is 6.04 Å². The number of hydrogen-bond donors (Lipinski definition) is 3. The van der Waals surface area contributed by atoms with Gasteiger partial charge in [-0.3, -0.25) is 14.9 Å². The van der Waals surface area contributed by atoms with Crippen LogP contribution in [-0.4, -0.2) is 36.0 Å². The third kappa shape index (κ3) is 7.56. The zero-order valence-electron chi connectivity index (χ0n) is 16.3. The molecule has 2 atom stereocenters. The van der Waals surface area contributed by atoms with Crippen molar-refractivity contribution in [2.75, 3.05) is 0 Å². The van der Waals surface area contributed by atoms with E-state index in [1.807, 2.05) is 19.2 Å². The predicted octanol–water partition coefficient (Wildman–Crippen LogP) is 2.25. The first-order chi connectivity index (χ1) is 13.0. The lowest BCUT2D eigenvalue weighted by Crippen LogP contribution is -2.49. The standard InChI is InChI=1S/C19H26ClN3O5/c1-10(2)9-14(22-16(24)12-5-7-13(20)8-6-12)18(26)28-15(11(3)4)17(25)23-19(21)27/h5-8,10-11,14-15H,9H2,1-4H3,(H,22,24)(H3,21,23,25,27)/t14-,15-/m1/s1. The number of esters is 1. The number of urea groups is 1. The molecule has 0 saturated heterocycles. The Hall–Kier alpha value is -2.61. The van der Waals surface area contributed by atoms with E-state index in [1.54, 1.807) is 26.0 Å². The summed E-state index contributed by atoms with van der Waals surface area (Å²) < 4.78 is 5.30. The number of carbonyl (C=O) groups excluding carboxylic acids is 4. The van der Waals surface area contributed by atoms with E-state index in [9.17, 15) is 19.2 Å². The molecule has 0 saturated carbocycles. The average molecular weight is 412 g/mol. The summed E-state index contributed by atoms with van der Waals surface area (Å²) in [6.45, 7) is 7.08. The molecule has 8 nitrogen and oxygen atoms in total. The molecule has 0 aliphatic carbocycles. The van der Waals surface area contributed by atoms with Crippen molar-refractivity contribution in [3.8, 4) is 0 Å². The molecule has 154 valence electrons. The van der Waals surface area contributed by atoms with Crippen LogP contribution in [0.3, 0.4) is 0 Å². The Morgan fingerprint density at radius 3 is 2.11 bits per heavy atom. The Bertz CT molecular complexity index is 719. The molecule has 1 aromatic carbocycles. The number of carbonyl (C=O) groups is 4. The lowest BCUT2D eigenvalue weighted by atomic mass is 10.0. The molecule has 9 heteroatoms. The van der Waals surface area contributed by atoms with Crippen molar-refractivity contribution < 1.29 is 23.9 Å². The molecule has 4 N–H and O–H groups in total. The molecular formula is C19H26ClN3O5. The van der Waals surface area contributed by atoms with Gasteiger partial charge in [-0.15, -0.1) is 0 Å². The van der Waals surface area contributed by atoms with E-state index in [0.717, 1.165) is 0 Å². The fraction of sp³-hybridized carbons (Fsp3) is 0.474. The molecule has 0 heterocycles. The number of benzene rings is 1. The number of imide groups is 1. The van der Waals surface area contributed by atoms with Gasteiger partial charge in [0.25, 0.3) is 11.8 Å². The maximum atomic E-state index is 12.7. The predicted molar refractivity (Wildman–Crippen MR) is 105 cm³/mol. The van der Waals surface area contributed by atoms with Crippen LogP contribution in [-0.2, 0) is 14.3 Å². The van der Waals surface area contributed by atoms with Gasteiger partial charge < -0.3 is 15.8 Å². The minimum absolute atomic E-state index is 0.0695. The van der Waals surface area contributed by atoms with Crippen molar-refractivity contribution >= 4 is 35.4 Å². The molecule has 0 spiro atoms. The fourth-order valence-electron chi connectivity index (χ4n) is 2.42. The number of nitrogens with one attached hydrogen (secondary N) is 2. The zero-order chi connectivity index (χ0) is 21.4. The first-order valence-corrected chi connectivity index (χ1v) is 9.26. The first-order valence-electron chi connectivity index (χ1n) is 8.88. The van der Waals surface area contributed by atoms with E-state index >= 15 is 0 Å². The van der Waals surface area contributed by atoms with Gasteiger partial charge in [-0.1, -0.05) is 39.3 Å². The largest absolute Gasteiger partial charge is 0.450 e. The summed E-state index contributed by atoms with van der Waals surface area (Å²) in [5.41, 5.74) is 5.28. The fourth-order valence-corrected chi connectivity index (χ4v) is 2.55. The molecule has 1 aromatic rings. The van der Waals surface area contributed by atoms with E-state index in [1.165, 1.54) is 12.1 Å². The van der Waals surface area contributed by atoms with Crippen molar-refractivity contribution in [2.24, 2.45) is 17.6 Å². The minimum Gasteiger partial charge on any atom is -0.450 e. The van der Waals surface area contributed by atoms with E-state index in [2.05, 4.69) is 5.32 Å². The van der Waals surface area contributed by atoms with Gasteiger partial charge in [0.05, 0.1) is 0 Å². The van der Waals surface area contributed by atoms with Crippen LogP contribution in [0.4, 0.5) is 4.79 Å². The van der Waals surface area contributed by atoms with Crippen LogP contribution < -0.4 is 16.4 Å². The number of halogens is 1. The summed E-state index contributed by atoms with van der Waals surface area (Å²) in [6.07, 6.45) is -0.914. The zero-order valence-corrected chi connectivity index (χ0v) is 17.1. The second-order valence-corrected chi connectivity index (χ2v) is 7.55. The maximum absolute atomic E-state index is 12.7. The smallest absolute Gasteiger partial charge is 0.329 e. The molecule has 0 fully saturated rings. The number of rotatable bonds is 8. The number of amides is 4. The highest BCUT2D eigenvalue weighted by Gasteiger charge is 2.32. The van der Waals surface area contributed by atoms with Crippen LogP contribution in [0.15, 0.2) is 24.3 Å². The summed E-state index contributed by atoms with van der Waals surface area (Å²) >= 11 is 5.82. The normalized spacial score (nSPS) is 13.0. The minimum atomic E-state index is -1.22. The number of ether oxygens (including phenoxy) is 1. The molecule has 0 bridgehead atoms. The number of primary amides is 1. The third-order valence-electron chi connectivity index (χ3n) is 3.76. The molecule has 0 aliphatic rings. The number of hydrogen-bond acceptors (Lipinski definition) is 5. The first kappa shape index (κ1) is 23.4. The lowest BCUT2D eigenvalue weighted by Gasteiger charge is -2.24. The van der Waals surface area contributed by atoms with Gasteiger partial charge in [0.15, 0.2) is 6.10 Å². The van der Waals surface area contributed by atoms with E-state index < -0.39 is 41.9 Å². The van der Waals surface area contributed by atoms with Crippen LogP contribution >= 0.6 is 11.6 Å². The Morgan fingerprint density at radius 2 is 1.64 bits per heavy atom. The molecule has 0 unspecified atom stereocenters. The van der Waals surface area contributed by atoms with E-state index in [-0.39, 0.29) is 5.92 Å². The van der Waals surface area contributed by atoms with Gasteiger partial charge in [0.2, 0.25) is 0 Å². The van der Waals surface area contributed by atoms with Crippen molar-refractivity contribution in [3.63, 3.8) is 0 Å². The van der Waals surface area contributed by atoms with Gasteiger partial charge >= 0.3 is 12.0 Å². The van der Waals surface area contributed by atoms with Crippen LogP contribution in [0.5, 0.6) is 0 Å². The summed E-state index contributed by atoms with van der Waals surface area (Å²) in [5, 5.41) is 5.01. The molecule has 0 aliphatic heterocycles. The molecular weight excluding hydrogens is 386 g/mol. The van der Waals surface area contributed by atoms with E-state index in [0.29, 0.717) is 17.0 Å². The summed E-state index contributed by atoms with van der Waals surface area (Å²) in [6, 6.07) is 4.19. The third-order valence-corrected chi connectivity index (χ3v) is 4.01. The highest BCUT2D eigenvalue weighted by atomic mass is 35.5. The Balaban J connectivity index is 2.93. The monoisotopic (exact) mass is 411 g/mol. The molecule has 28 heavy (non-hydrogen) atoms. The summed E-state index contributed by atoms with van der Waals surface area (Å²) in [7, 11) is 0. The Morgan fingerprint density at radius 1 is 1.07 bits per heavy atom. The van der Waals surface area contributed by atoms with Gasteiger partial charge in [-0.25, -0.2) is 9.59 Å². The topological polar surface area (TPSA) is 128 Å². The summed E-state index contributed by atoms with van der Waals surface area (Å²) in [4.78, 5) is 48.1. The van der Waals surface area contributed by atoms with Gasteiger partial charge in [0, 0.05) is 10.6 Å². The van der Waals surface area contributed by atoms with E-state index in [4.69, 9.17) is 22.1 Å². The molecule has 1 rings (SSSR count). The second-order valence-electron chi connectivity index (χ2n) is 7.12. The highest BCUT2D eigenvalue weighted by molar-refractivity contribution is 6.30. The van der Waals surface area contributed by atoms with Gasteiger partial charge in [-0.2, -0.15) is 0 Å². The molecule has 0 radical (unpaired) electrons. The Labute approximate surface area is 169 Å². The maximum Gasteiger partial charge on any atom is 0.329 e. The summed E-state index contributed by atoms with van der Waals surface area (Å²) in [5.74, 6) is -2.39. The highest BCUT2D eigenvalue weighted by Crippen LogP contribution is 2.14. The average Bonchev–Trinajstić information content (AvgIpc) is 2.57. The van der Waals surface area contributed by atoms with Crippen LogP contribution in [0.1, 0.15) is 44.5 Å². The molecule has 0 aromatic heterocycles. The lowest BCUT2D eigenvalue weighted by molar-refractivity contribution is -0.160. The molecule has 4 amide bonds. The SMILES string of the molecule is CC(C)C[C@@H](NC(=O)c1ccc(Cl)cc1)C(=O)O[C@@H](C(=O)NC(N)=O)C(C)C. The van der Waals surface area contributed by atoms with Crippen molar-refractivity contribution in [1.82, 2.24) is 10.6 Å². The van der Waals surface area contributed by atoms with Crippen LogP contribution in [0.2, 0.25) is 5.02 Å². The second kappa shape index (κ2) is 10.7. The Kier molecular flexibility index (Phi) is 8.91. The number of nitrogens with two attached hydrogens (primary N) is 1. The van der Waals surface area contributed by atoms with Crippen molar-refractivity contribution in [3.05, 3.63) is 34.9 Å². The van der Waals surface area contributed by atoms with Crippen LogP contribution in [0, 0.1) is 11.8 Å².